The average molecular weight is 130 g/mol. The smallest absolute Gasteiger partial charge is 0.0599 e. The number of hydrogen-bond acceptors (Lipinski definition) is 3. The van der Waals surface area contributed by atoms with Crippen LogP contribution in [-0.4, -0.2) is 36.9 Å². The molecule has 0 bridgehead atoms. The van der Waals surface area contributed by atoms with Gasteiger partial charge in [0.15, 0.2) is 0 Å². The maximum atomic E-state index is 8.76. The first-order chi connectivity index (χ1) is 4.34. The number of rotatable bonds is 1. The van der Waals surface area contributed by atoms with Gasteiger partial charge in [-0.2, -0.15) is 0 Å². The van der Waals surface area contributed by atoms with Crippen LogP contribution in [0.2, 0.25) is 0 Å². The Morgan fingerprint density at radius 2 is 2.11 bits per heavy atom. The summed E-state index contributed by atoms with van der Waals surface area (Å²) >= 11 is 0. The Bertz CT molecular complexity index is 87.1. The van der Waals surface area contributed by atoms with Crippen LogP contribution in [0.4, 0.5) is 0 Å². The quantitative estimate of drug-likeness (QED) is 0.423. The van der Waals surface area contributed by atoms with Crippen molar-refractivity contribution >= 4 is 0 Å². The molecule has 0 aromatic rings. The zero-order chi connectivity index (χ0) is 6.69. The summed E-state index contributed by atoms with van der Waals surface area (Å²) in [5.41, 5.74) is 0. The van der Waals surface area contributed by atoms with Crippen LogP contribution in [0, 0.1) is 0 Å². The van der Waals surface area contributed by atoms with Crippen LogP contribution < -0.4 is 10.6 Å². The molecule has 1 rings (SSSR count). The van der Waals surface area contributed by atoms with E-state index in [1.165, 1.54) is 0 Å². The molecule has 2 atom stereocenters. The summed E-state index contributed by atoms with van der Waals surface area (Å²) in [6.45, 7) is 4.29. The van der Waals surface area contributed by atoms with E-state index >= 15 is 0 Å². The second-order valence-corrected chi connectivity index (χ2v) is 2.49. The molecule has 1 aliphatic heterocycles. The second kappa shape index (κ2) is 3.15. The fourth-order valence-corrected chi connectivity index (χ4v) is 1.10. The van der Waals surface area contributed by atoms with Crippen LogP contribution in [0.15, 0.2) is 0 Å². The standard InChI is InChI=1S/C6H14N2O/c1-5-6(4-9)8-3-2-7-5/h5-9H,2-4H2,1H3/t5-,6-/m1/s1. The molecule has 9 heavy (non-hydrogen) atoms. The van der Waals surface area contributed by atoms with Gasteiger partial charge in [-0.1, -0.05) is 0 Å². The molecule has 0 unspecified atom stereocenters. The van der Waals surface area contributed by atoms with Gasteiger partial charge in [-0.3, -0.25) is 0 Å². The zero-order valence-electron chi connectivity index (χ0n) is 5.72. The number of nitrogens with one attached hydrogen (secondary N) is 2. The van der Waals surface area contributed by atoms with Crippen molar-refractivity contribution in [1.29, 1.82) is 0 Å². The first-order valence-electron chi connectivity index (χ1n) is 3.42. The first kappa shape index (κ1) is 6.99. The van der Waals surface area contributed by atoms with Crippen LogP contribution >= 0.6 is 0 Å². The Kier molecular flexibility index (Phi) is 2.45. The molecule has 54 valence electrons. The van der Waals surface area contributed by atoms with Crippen molar-refractivity contribution in [3.63, 3.8) is 0 Å². The largest absolute Gasteiger partial charge is 0.395 e. The first-order valence-corrected chi connectivity index (χ1v) is 3.42. The topological polar surface area (TPSA) is 44.3 Å². The molecule has 0 saturated carbocycles. The molecule has 3 nitrogen and oxygen atoms in total. The van der Waals surface area contributed by atoms with Gasteiger partial charge < -0.3 is 15.7 Å². The van der Waals surface area contributed by atoms with Crippen LogP contribution in [0.1, 0.15) is 6.92 Å². The molecular weight excluding hydrogens is 116 g/mol. The molecule has 1 aliphatic rings. The van der Waals surface area contributed by atoms with Crippen molar-refractivity contribution in [2.75, 3.05) is 19.7 Å². The molecule has 3 N–H and O–H groups in total. The highest BCUT2D eigenvalue weighted by Gasteiger charge is 2.17. The Morgan fingerprint density at radius 1 is 1.44 bits per heavy atom. The highest BCUT2D eigenvalue weighted by Crippen LogP contribution is 1.94. The van der Waals surface area contributed by atoms with Crippen molar-refractivity contribution in [1.82, 2.24) is 10.6 Å². The van der Waals surface area contributed by atoms with Gasteiger partial charge in [0.1, 0.15) is 0 Å². The van der Waals surface area contributed by atoms with E-state index in [9.17, 15) is 0 Å². The van der Waals surface area contributed by atoms with Crippen molar-refractivity contribution in [3.05, 3.63) is 0 Å². The van der Waals surface area contributed by atoms with E-state index in [-0.39, 0.29) is 12.6 Å². The second-order valence-electron chi connectivity index (χ2n) is 2.49. The van der Waals surface area contributed by atoms with Gasteiger partial charge in [-0.05, 0) is 6.92 Å². The maximum Gasteiger partial charge on any atom is 0.0599 e. The van der Waals surface area contributed by atoms with Gasteiger partial charge in [-0.15, -0.1) is 0 Å². The summed E-state index contributed by atoms with van der Waals surface area (Å²) in [6.07, 6.45) is 0. The number of hydrogen-bond donors (Lipinski definition) is 3. The lowest BCUT2D eigenvalue weighted by Gasteiger charge is -2.29. The lowest BCUT2D eigenvalue weighted by molar-refractivity contribution is 0.199. The van der Waals surface area contributed by atoms with E-state index in [0.717, 1.165) is 13.1 Å². The van der Waals surface area contributed by atoms with Crippen LogP contribution in [0.25, 0.3) is 0 Å². The van der Waals surface area contributed by atoms with Crippen LogP contribution in [0.5, 0.6) is 0 Å². The fraction of sp³-hybridized carbons (Fsp3) is 1.00. The summed E-state index contributed by atoms with van der Waals surface area (Å²) in [5.74, 6) is 0. The summed E-state index contributed by atoms with van der Waals surface area (Å²) in [6, 6.07) is 0.655. The van der Waals surface area contributed by atoms with Crippen molar-refractivity contribution in [2.45, 2.75) is 19.0 Å². The van der Waals surface area contributed by atoms with Gasteiger partial charge in [0.2, 0.25) is 0 Å². The minimum atomic E-state index is 0.230. The maximum absolute atomic E-state index is 8.76. The van der Waals surface area contributed by atoms with Crippen molar-refractivity contribution in [3.8, 4) is 0 Å². The van der Waals surface area contributed by atoms with Crippen molar-refractivity contribution in [2.24, 2.45) is 0 Å². The van der Waals surface area contributed by atoms with E-state index in [2.05, 4.69) is 17.6 Å². The lowest BCUT2D eigenvalue weighted by atomic mass is 10.1. The monoisotopic (exact) mass is 130 g/mol. The van der Waals surface area contributed by atoms with Gasteiger partial charge in [-0.25, -0.2) is 0 Å². The minimum Gasteiger partial charge on any atom is -0.395 e. The summed E-state index contributed by atoms with van der Waals surface area (Å²) in [4.78, 5) is 0. The number of aliphatic hydroxyl groups is 1. The Labute approximate surface area is 55.5 Å². The number of piperazine rings is 1. The highest BCUT2D eigenvalue weighted by atomic mass is 16.3. The number of aliphatic hydroxyl groups excluding tert-OH is 1. The molecule has 0 amide bonds. The van der Waals surface area contributed by atoms with Crippen molar-refractivity contribution < 1.29 is 5.11 Å². The molecule has 3 heteroatoms. The Balaban J connectivity index is 2.30. The summed E-state index contributed by atoms with van der Waals surface area (Å²) in [7, 11) is 0. The van der Waals surface area contributed by atoms with Gasteiger partial charge in [0.25, 0.3) is 0 Å². The van der Waals surface area contributed by atoms with E-state index in [4.69, 9.17) is 5.11 Å². The molecule has 0 aromatic carbocycles. The third-order valence-electron chi connectivity index (χ3n) is 1.80. The fourth-order valence-electron chi connectivity index (χ4n) is 1.10. The van der Waals surface area contributed by atoms with Crippen LogP contribution in [-0.2, 0) is 0 Å². The predicted octanol–water partition coefficient (Wildman–Crippen LogP) is -1.07. The van der Waals surface area contributed by atoms with E-state index in [0.29, 0.717) is 6.04 Å². The molecule has 0 aliphatic carbocycles. The SMILES string of the molecule is C[C@H]1NCCN[C@@H]1CO. The summed E-state index contributed by atoms with van der Waals surface area (Å²) < 4.78 is 0. The van der Waals surface area contributed by atoms with Gasteiger partial charge >= 0.3 is 0 Å². The van der Waals surface area contributed by atoms with Gasteiger partial charge in [0, 0.05) is 25.2 Å². The average Bonchev–Trinajstić information content (AvgIpc) is 1.89. The molecule has 1 heterocycles. The van der Waals surface area contributed by atoms with E-state index in [1.807, 2.05) is 0 Å². The normalized spacial score (nSPS) is 36.7. The zero-order valence-corrected chi connectivity index (χ0v) is 5.72. The van der Waals surface area contributed by atoms with Crippen LogP contribution in [0.3, 0.4) is 0 Å². The molecule has 1 saturated heterocycles. The lowest BCUT2D eigenvalue weighted by Crippen LogP contribution is -2.56. The predicted molar refractivity (Wildman–Crippen MR) is 36.3 cm³/mol. The third kappa shape index (κ3) is 1.64. The molecule has 1 fully saturated rings. The summed E-state index contributed by atoms with van der Waals surface area (Å²) in [5, 5.41) is 15.2. The Morgan fingerprint density at radius 3 is 2.56 bits per heavy atom. The van der Waals surface area contributed by atoms with E-state index in [1.54, 1.807) is 0 Å². The molecular formula is C6H14N2O. The molecule has 0 aromatic heterocycles. The van der Waals surface area contributed by atoms with Gasteiger partial charge in [0.05, 0.1) is 6.61 Å². The van der Waals surface area contributed by atoms with E-state index < -0.39 is 0 Å². The Hall–Kier alpha value is -0.120. The third-order valence-corrected chi connectivity index (χ3v) is 1.80. The minimum absolute atomic E-state index is 0.230. The molecule has 0 radical (unpaired) electrons. The molecule has 0 spiro atoms. The highest BCUT2D eigenvalue weighted by molar-refractivity contribution is 4.82.